The van der Waals surface area contributed by atoms with E-state index in [1.165, 1.54) is 0 Å². The first-order valence-electron chi connectivity index (χ1n) is 14.8. The maximum Gasteiger partial charge on any atom is 0.410 e. The Hall–Kier alpha value is -3.90. The largest absolute Gasteiger partial charge is 0.444 e. The smallest absolute Gasteiger partial charge is 0.410 e. The topological polar surface area (TPSA) is 120 Å². The minimum absolute atomic E-state index is 0.142. The third-order valence-electron chi connectivity index (χ3n) is 8.50. The van der Waals surface area contributed by atoms with Crippen LogP contribution in [0.4, 0.5) is 26.8 Å². The quantitative estimate of drug-likeness (QED) is 0.319. The van der Waals surface area contributed by atoms with Gasteiger partial charge in [-0.05, 0) is 66.4 Å². The molecule has 0 spiro atoms. The van der Waals surface area contributed by atoms with Crippen LogP contribution < -0.4 is 15.5 Å². The number of aromatic amines is 1. The highest BCUT2D eigenvalue weighted by Gasteiger charge is 2.38. The highest BCUT2D eigenvalue weighted by atomic mass is 35.5. The number of benzene rings is 2. The summed E-state index contributed by atoms with van der Waals surface area (Å²) in [5.41, 5.74) is 7.17. The number of likely N-dealkylation sites (N-methyl/N-ethyl adjacent to an activating group) is 1. The average Bonchev–Trinajstić information content (AvgIpc) is 3.29. The first-order chi connectivity index (χ1) is 20.7. The summed E-state index contributed by atoms with van der Waals surface area (Å²) in [6, 6.07) is 7.18. The number of carbonyl (C=O) groups excluding carboxylic acids is 1. The van der Waals surface area contributed by atoms with E-state index in [0.717, 1.165) is 13.1 Å². The van der Waals surface area contributed by atoms with Crippen molar-refractivity contribution in [2.45, 2.75) is 58.3 Å². The molecular formula is C31H39ClFN9O2. The predicted octanol–water partition coefficient (Wildman–Crippen LogP) is 5.13. The lowest BCUT2D eigenvalue weighted by Gasteiger charge is -2.46. The first-order valence-corrected chi connectivity index (χ1v) is 15.2. The van der Waals surface area contributed by atoms with Gasteiger partial charge in [-0.3, -0.25) is 5.10 Å². The average molecular weight is 624 g/mol. The number of hydrogen-bond acceptors (Lipinski definition) is 9. The van der Waals surface area contributed by atoms with Gasteiger partial charge < -0.3 is 30.1 Å². The van der Waals surface area contributed by atoms with Gasteiger partial charge in [0.1, 0.15) is 16.9 Å². The summed E-state index contributed by atoms with van der Waals surface area (Å²) in [6.45, 7) is 11.9. The molecule has 44 heavy (non-hydrogen) atoms. The van der Waals surface area contributed by atoms with Crippen LogP contribution in [0.15, 0.2) is 24.3 Å². The molecule has 6 rings (SSSR count). The van der Waals surface area contributed by atoms with Gasteiger partial charge in [0.15, 0.2) is 11.6 Å². The highest BCUT2D eigenvalue weighted by molar-refractivity contribution is 6.35. The number of fused-ring (bicyclic) bond motifs is 2. The van der Waals surface area contributed by atoms with Gasteiger partial charge >= 0.3 is 6.09 Å². The number of nitrogens with two attached hydrogens (primary N) is 1. The number of hydrogen-bond donors (Lipinski definition) is 2. The van der Waals surface area contributed by atoms with Gasteiger partial charge in [-0.15, -0.1) is 0 Å². The molecule has 13 heteroatoms. The fourth-order valence-electron chi connectivity index (χ4n) is 6.02. The van der Waals surface area contributed by atoms with Crippen molar-refractivity contribution < 1.29 is 13.9 Å². The van der Waals surface area contributed by atoms with Crippen LogP contribution in [0.2, 0.25) is 5.02 Å². The van der Waals surface area contributed by atoms with E-state index in [-0.39, 0.29) is 40.1 Å². The number of nitrogens with zero attached hydrogens (tertiary/aromatic N) is 7. The van der Waals surface area contributed by atoms with Gasteiger partial charge in [0.25, 0.3) is 0 Å². The highest BCUT2D eigenvalue weighted by Crippen LogP contribution is 2.43. The fraction of sp³-hybridized carbons (Fsp3) is 0.484. The van der Waals surface area contributed by atoms with Gasteiger partial charge in [0, 0.05) is 55.3 Å². The lowest BCUT2D eigenvalue weighted by Crippen LogP contribution is -2.59. The lowest BCUT2D eigenvalue weighted by molar-refractivity contribution is 0.0130. The molecule has 0 bridgehead atoms. The summed E-state index contributed by atoms with van der Waals surface area (Å²) in [5, 5.41) is 8.32. The summed E-state index contributed by atoms with van der Waals surface area (Å²) in [7, 11) is 4.08. The van der Waals surface area contributed by atoms with Gasteiger partial charge in [-0.2, -0.15) is 10.1 Å². The Morgan fingerprint density at radius 1 is 1.14 bits per heavy atom. The number of rotatable bonds is 4. The summed E-state index contributed by atoms with van der Waals surface area (Å²) in [4.78, 5) is 30.9. The number of nitrogen functional groups attached to an aromatic ring is 1. The normalized spacial score (nSPS) is 19.7. The Balaban J connectivity index is 1.47. The molecule has 0 radical (unpaired) electrons. The van der Waals surface area contributed by atoms with Crippen LogP contribution in [0.25, 0.3) is 32.9 Å². The van der Waals surface area contributed by atoms with Crippen LogP contribution >= 0.6 is 11.6 Å². The number of H-pyrrole nitrogens is 1. The Bertz CT molecular complexity index is 1750. The molecule has 4 aromatic rings. The Morgan fingerprint density at radius 3 is 2.55 bits per heavy atom. The summed E-state index contributed by atoms with van der Waals surface area (Å²) >= 11 is 6.89. The number of anilines is 3. The third-order valence-corrected chi connectivity index (χ3v) is 8.80. The zero-order chi connectivity index (χ0) is 31.7. The van der Waals surface area contributed by atoms with Crippen molar-refractivity contribution in [2.24, 2.45) is 0 Å². The van der Waals surface area contributed by atoms with Crippen LogP contribution in [0, 0.1) is 5.82 Å². The van der Waals surface area contributed by atoms with Crippen LogP contribution in [-0.4, -0.2) is 100 Å². The van der Waals surface area contributed by atoms with E-state index in [2.05, 4.69) is 24.9 Å². The van der Waals surface area contributed by atoms with Crippen molar-refractivity contribution in [3.8, 4) is 11.1 Å². The van der Waals surface area contributed by atoms with Crippen LogP contribution in [0.1, 0.15) is 34.6 Å². The molecular weight excluding hydrogens is 585 g/mol. The lowest BCUT2D eigenvalue weighted by atomic mass is 9.98. The molecule has 11 nitrogen and oxygen atoms in total. The minimum Gasteiger partial charge on any atom is -0.444 e. The number of halogens is 2. The van der Waals surface area contributed by atoms with Crippen molar-refractivity contribution in [3.63, 3.8) is 0 Å². The molecule has 0 saturated carbocycles. The van der Waals surface area contributed by atoms with E-state index in [1.54, 1.807) is 23.1 Å². The van der Waals surface area contributed by atoms with Gasteiger partial charge in [0.05, 0.1) is 15.9 Å². The number of ether oxygens (including phenoxy) is 1. The van der Waals surface area contributed by atoms with E-state index in [0.29, 0.717) is 52.8 Å². The zero-order valence-corrected chi connectivity index (χ0v) is 26.9. The maximum absolute atomic E-state index is 16.8. The number of piperazine rings is 1. The zero-order valence-electron chi connectivity index (χ0n) is 26.2. The molecule has 234 valence electrons. The van der Waals surface area contributed by atoms with Crippen molar-refractivity contribution in [1.82, 2.24) is 30.0 Å². The summed E-state index contributed by atoms with van der Waals surface area (Å²) < 4.78 is 22.5. The van der Waals surface area contributed by atoms with Gasteiger partial charge in [-0.25, -0.2) is 14.2 Å². The monoisotopic (exact) mass is 623 g/mol. The number of amides is 1. The van der Waals surface area contributed by atoms with Crippen LogP contribution in [-0.2, 0) is 4.74 Å². The molecule has 2 aliphatic heterocycles. The maximum atomic E-state index is 16.8. The van der Waals surface area contributed by atoms with Crippen molar-refractivity contribution in [1.29, 1.82) is 0 Å². The molecule has 0 unspecified atom stereocenters. The molecule has 2 aliphatic rings. The predicted molar refractivity (Wildman–Crippen MR) is 173 cm³/mol. The van der Waals surface area contributed by atoms with E-state index >= 15 is 4.39 Å². The fourth-order valence-corrected chi connectivity index (χ4v) is 6.32. The molecule has 0 aliphatic carbocycles. The second kappa shape index (κ2) is 10.9. The number of carbonyl (C=O) groups is 1. The van der Waals surface area contributed by atoms with E-state index in [1.807, 2.05) is 54.8 Å². The van der Waals surface area contributed by atoms with E-state index in [4.69, 9.17) is 32.0 Å². The number of nitrogens with one attached hydrogen (secondary N) is 1. The van der Waals surface area contributed by atoms with E-state index < -0.39 is 11.4 Å². The van der Waals surface area contributed by atoms with Crippen LogP contribution in [0.3, 0.4) is 0 Å². The molecule has 2 saturated heterocycles. The van der Waals surface area contributed by atoms with E-state index in [9.17, 15) is 4.79 Å². The van der Waals surface area contributed by atoms with Crippen molar-refractivity contribution in [2.75, 3.05) is 55.8 Å². The number of aromatic nitrogens is 4. The van der Waals surface area contributed by atoms with Gasteiger partial charge in [-0.1, -0.05) is 23.7 Å². The van der Waals surface area contributed by atoms with Crippen LogP contribution in [0.5, 0.6) is 0 Å². The Labute approximate surface area is 261 Å². The molecule has 2 fully saturated rings. The standard InChI is InChI=1S/C31H39ClFN9O2/c1-16-13-42(30(43)44-31(3,4)5)17(2)12-41(16)28-20-11-21(32)23(19-9-8-10-22-24(19)27(34)38-37-22)25(33)26(20)35-29(36-28)40-14-18(15-40)39(6)7/h8-11,16-18H,12-15H2,1-7H3,(H3,34,37,38)/t16-,17+/m0/s1. The Morgan fingerprint density at radius 2 is 1.86 bits per heavy atom. The SMILES string of the molecule is C[C@@H]1CN(c2nc(N3CC(N(C)C)C3)nc3c(F)c(-c4cccc5[nH]nc(N)c45)c(Cl)cc23)[C@@H](C)CN1C(=O)OC(C)(C)C. The Kier molecular flexibility index (Phi) is 7.48. The molecule has 1 amide bonds. The minimum atomic E-state index is -0.603. The molecule has 4 heterocycles. The second-order valence-electron chi connectivity index (χ2n) is 13.1. The summed E-state index contributed by atoms with van der Waals surface area (Å²) in [6.07, 6.45) is -0.355. The molecule has 2 aromatic heterocycles. The van der Waals surface area contributed by atoms with Crippen molar-refractivity contribution >= 4 is 57.1 Å². The second-order valence-corrected chi connectivity index (χ2v) is 13.5. The molecule has 2 aromatic carbocycles. The van der Waals surface area contributed by atoms with Crippen molar-refractivity contribution in [3.05, 3.63) is 35.1 Å². The first kappa shape index (κ1) is 30.1. The third kappa shape index (κ3) is 5.23. The summed E-state index contributed by atoms with van der Waals surface area (Å²) in [5.74, 6) is 0.739. The molecule has 2 atom stereocenters. The van der Waals surface area contributed by atoms with Gasteiger partial charge in [0.2, 0.25) is 5.95 Å². The molecule has 3 N–H and O–H groups in total.